The largest absolute Gasteiger partial charge is 0.496 e. The fourth-order valence-electron chi connectivity index (χ4n) is 1.85. The van der Waals surface area contributed by atoms with Crippen LogP contribution in [0.4, 0.5) is 0 Å². The Morgan fingerprint density at radius 2 is 2.11 bits per heavy atom. The molecule has 0 aliphatic carbocycles. The van der Waals surface area contributed by atoms with Gasteiger partial charge in [0.2, 0.25) is 5.91 Å². The lowest BCUT2D eigenvalue weighted by molar-refractivity contribution is -0.124. The van der Waals surface area contributed by atoms with Crippen LogP contribution in [0.25, 0.3) is 0 Å². The molecule has 0 saturated carbocycles. The molecule has 0 aromatic heterocycles. The average molecular weight is 266 g/mol. The second kappa shape index (κ2) is 7.11. The van der Waals surface area contributed by atoms with Gasteiger partial charge in [0, 0.05) is 12.7 Å². The fourth-order valence-corrected chi connectivity index (χ4v) is 1.85. The van der Waals surface area contributed by atoms with Crippen LogP contribution in [0, 0.1) is 6.92 Å². The Balaban J connectivity index is 2.80. The number of carbonyl (C=O) groups excluding carboxylic acids is 1. The van der Waals surface area contributed by atoms with Gasteiger partial charge in [-0.15, -0.1) is 0 Å². The van der Waals surface area contributed by atoms with Gasteiger partial charge < -0.3 is 20.5 Å². The smallest absolute Gasteiger partial charge is 0.239 e. The van der Waals surface area contributed by atoms with Crippen molar-refractivity contribution in [2.24, 2.45) is 5.73 Å². The number of nitrogens with two attached hydrogens (primary N) is 1. The number of rotatable bonds is 6. The summed E-state index contributed by atoms with van der Waals surface area (Å²) in [5.74, 6) is 0.511. The second-order valence-corrected chi connectivity index (χ2v) is 4.54. The molecular formula is C14H22N2O3. The molecule has 5 nitrogen and oxygen atoms in total. The van der Waals surface area contributed by atoms with E-state index >= 15 is 0 Å². The molecule has 1 amide bonds. The Morgan fingerprint density at radius 3 is 2.68 bits per heavy atom. The first kappa shape index (κ1) is 15.5. The number of carbonyl (C=O) groups is 1. The standard InChI is InChI=1S/C14H22N2O3/c1-9-5-6-13(19-4)11(7-9)10(2)16-14(17)12(15)8-18-3/h5-7,10,12H,8,15H2,1-4H3,(H,16,17). The minimum atomic E-state index is -0.664. The molecule has 0 heterocycles. The van der Waals surface area contributed by atoms with Crippen molar-refractivity contribution in [3.05, 3.63) is 29.3 Å². The van der Waals surface area contributed by atoms with Crippen molar-refractivity contribution < 1.29 is 14.3 Å². The van der Waals surface area contributed by atoms with Crippen LogP contribution in [0.5, 0.6) is 5.75 Å². The normalized spacial score (nSPS) is 13.7. The van der Waals surface area contributed by atoms with Crippen LogP contribution in [0.3, 0.4) is 0 Å². The van der Waals surface area contributed by atoms with E-state index in [1.807, 2.05) is 32.0 Å². The predicted octanol–water partition coefficient (Wildman–Crippen LogP) is 1.15. The Kier molecular flexibility index (Phi) is 5.79. The van der Waals surface area contributed by atoms with E-state index in [1.165, 1.54) is 7.11 Å². The van der Waals surface area contributed by atoms with Gasteiger partial charge >= 0.3 is 0 Å². The molecule has 5 heteroatoms. The van der Waals surface area contributed by atoms with Crippen molar-refractivity contribution in [2.75, 3.05) is 20.8 Å². The summed E-state index contributed by atoms with van der Waals surface area (Å²) in [7, 11) is 3.12. The molecule has 2 unspecified atom stereocenters. The maximum Gasteiger partial charge on any atom is 0.239 e. The van der Waals surface area contributed by atoms with E-state index in [1.54, 1.807) is 7.11 Å². The van der Waals surface area contributed by atoms with Gasteiger partial charge in [0.05, 0.1) is 19.8 Å². The molecule has 0 fully saturated rings. The second-order valence-electron chi connectivity index (χ2n) is 4.54. The van der Waals surface area contributed by atoms with Gasteiger partial charge in [-0.05, 0) is 19.9 Å². The number of hydrogen-bond donors (Lipinski definition) is 2. The van der Waals surface area contributed by atoms with Gasteiger partial charge in [-0.2, -0.15) is 0 Å². The number of amides is 1. The number of nitrogens with one attached hydrogen (secondary N) is 1. The van der Waals surface area contributed by atoms with Gasteiger partial charge in [-0.3, -0.25) is 4.79 Å². The number of ether oxygens (including phenoxy) is 2. The minimum absolute atomic E-state index is 0.176. The molecule has 0 saturated heterocycles. The molecule has 19 heavy (non-hydrogen) atoms. The van der Waals surface area contributed by atoms with E-state index in [2.05, 4.69) is 5.32 Å². The van der Waals surface area contributed by atoms with Crippen LogP contribution in [0.15, 0.2) is 18.2 Å². The van der Waals surface area contributed by atoms with E-state index in [4.69, 9.17) is 15.2 Å². The van der Waals surface area contributed by atoms with Crippen molar-refractivity contribution >= 4 is 5.91 Å². The zero-order valence-corrected chi connectivity index (χ0v) is 11.9. The third kappa shape index (κ3) is 4.22. The quantitative estimate of drug-likeness (QED) is 0.810. The van der Waals surface area contributed by atoms with Gasteiger partial charge in [0.15, 0.2) is 0 Å². The molecule has 3 N–H and O–H groups in total. The highest BCUT2D eigenvalue weighted by molar-refractivity contribution is 5.82. The summed E-state index contributed by atoms with van der Waals surface area (Å²) in [6.07, 6.45) is 0. The third-order valence-corrected chi connectivity index (χ3v) is 2.89. The van der Waals surface area contributed by atoms with Crippen molar-refractivity contribution in [1.82, 2.24) is 5.32 Å². The summed E-state index contributed by atoms with van der Waals surface area (Å²) in [6, 6.07) is 5.01. The van der Waals surface area contributed by atoms with E-state index < -0.39 is 6.04 Å². The maximum absolute atomic E-state index is 11.8. The van der Waals surface area contributed by atoms with Crippen molar-refractivity contribution in [1.29, 1.82) is 0 Å². The summed E-state index contributed by atoms with van der Waals surface area (Å²) < 4.78 is 10.2. The van der Waals surface area contributed by atoms with Gasteiger partial charge in [0.25, 0.3) is 0 Å². The average Bonchev–Trinajstić information content (AvgIpc) is 2.38. The molecule has 0 aliphatic heterocycles. The molecule has 0 spiro atoms. The summed E-state index contributed by atoms with van der Waals surface area (Å²) >= 11 is 0. The molecule has 0 radical (unpaired) electrons. The lowest BCUT2D eigenvalue weighted by atomic mass is 10.0. The zero-order chi connectivity index (χ0) is 14.4. The van der Waals surface area contributed by atoms with Gasteiger partial charge in [-0.25, -0.2) is 0 Å². The van der Waals surface area contributed by atoms with Crippen molar-refractivity contribution in [3.8, 4) is 5.75 Å². The number of hydrogen-bond acceptors (Lipinski definition) is 4. The minimum Gasteiger partial charge on any atom is -0.496 e. The van der Waals surface area contributed by atoms with Crippen LogP contribution in [0.1, 0.15) is 24.1 Å². The Hall–Kier alpha value is -1.59. The lowest BCUT2D eigenvalue weighted by Gasteiger charge is -2.20. The van der Waals surface area contributed by atoms with Gasteiger partial charge in [0.1, 0.15) is 11.8 Å². The van der Waals surface area contributed by atoms with E-state index in [0.29, 0.717) is 0 Å². The van der Waals surface area contributed by atoms with Crippen LogP contribution in [-0.2, 0) is 9.53 Å². The van der Waals surface area contributed by atoms with Crippen LogP contribution in [0.2, 0.25) is 0 Å². The summed E-state index contributed by atoms with van der Waals surface area (Å²) in [5, 5.41) is 2.86. The lowest BCUT2D eigenvalue weighted by Crippen LogP contribution is -2.44. The van der Waals surface area contributed by atoms with Crippen molar-refractivity contribution in [3.63, 3.8) is 0 Å². The molecule has 2 atom stereocenters. The predicted molar refractivity (Wildman–Crippen MR) is 74.1 cm³/mol. The maximum atomic E-state index is 11.8. The van der Waals surface area contributed by atoms with E-state index in [9.17, 15) is 4.79 Å². The summed E-state index contributed by atoms with van der Waals surface area (Å²) in [4.78, 5) is 11.8. The van der Waals surface area contributed by atoms with Crippen LogP contribution in [-0.4, -0.2) is 32.8 Å². The highest BCUT2D eigenvalue weighted by Gasteiger charge is 2.18. The first-order valence-corrected chi connectivity index (χ1v) is 6.19. The SMILES string of the molecule is COCC(N)C(=O)NC(C)c1cc(C)ccc1OC. The highest BCUT2D eigenvalue weighted by Crippen LogP contribution is 2.25. The summed E-state index contributed by atoms with van der Waals surface area (Å²) in [6.45, 7) is 4.09. The van der Waals surface area contributed by atoms with E-state index in [-0.39, 0.29) is 18.6 Å². The molecule has 0 aliphatic rings. The first-order chi connectivity index (χ1) is 8.99. The number of aryl methyl sites for hydroxylation is 1. The molecule has 1 aromatic rings. The topological polar surface area (TPSA) is 73.6 Å². The monoisotopic (exact) mass is 266 g/mol. The Bertz CT molecular complexity index is 435. The highest BCUT2D eigenvalue weighted by atomic mass is 16.5. The molecule has 1 rings (SSSR count). The fraction of sp³-hybridized carbons (Fsp3) is 0.500. The van der Waals surface area contributed by atoms with E-state index in [0.717, 1.165) is 16.9 Å². The number of benzene rings is 1. The Morgan fingerprint density at radius 1 is 1.42 bits per heavy atom. The Labute approximate surface area is 114 Å². The van der Waals surface area contributed by atoms with Crippen molar-refractivity contribution in [2.45, 2.75) is 25.9 Å². The van der Waals surface area contributed by atoms with Crippen LogP contribution < -0.4 is 15.8 Å². The third-order valence-electron chi connectivity index (χ3n) is 2.89. The van der Waals surface area contributed by atoms with Gasteiger partial charge in [-0.1, -0.05) is 17.7 Å². The number of methoxy groups -OCH3 is 2. The van der Waals surface area contributed by atoms with Crippen LogP contribution >= 0.6 is 0 Å². The molecule has 106 valence electrons. The molecular weight excluding hydrogens is 244 g/mol. The summed E-state index contributed by atoms with van der Waals surface area (Å²) in [5.41, 5.74) is 7.73. The first-order valence-electron chi connectivity index (χ1n) is 6.19. The molecule has 1 aromatic carbocycles. The zero-order valence-electron chi connectivity index (χ0n) is 11.9. The molecule has 0 bridgehead atoms.